The van der Waals surface area contributed by atoms with Crippen LogP contribution in [0.4, 0.5) is 4.79 Å². The number of imide groups is 1. The van der Waals surface area contributed by atoms with Gasteiger partial charge in [-0.05, 0) is 60.5 Å². The first-order valence-electron chi connectivity index (χ1n) is 10.6. The van der Waals surface area contributed by atoms with Gasteiger partial charge in [0.05, 0.1) is 16.3 Å². The molecule has 0 atom stereocenters. The van der Waals surface area contributed by atoms with Crippen molar-refractivity contribution in [2.75, 3.05) is 18.8 Å². The Morgan fingerprint density at radius 2 is 2.06 bits per heavy atom. The van der Waals surface area contributed by atoms with Crippen LogP contribution in [0.5, 0.6) is 0 Å². The predicted molar refractivity (Wildman–Crippen MR) is 134 cm³/mol. The van der Waals surface area contributed by atoms with Crippen LogP contribution < -0.4 is 5.32 Å². The van der Waals surface area contributed by atoms with E-state index in [2.05, 4.69) is 33.5 Å². The maximum Gasteiger partial charge on any atom is 0.293 e. The maximum atomic E-state index is 12.6. The number of benzene rings is 1. The quantitative estimate of drug-likeness (QED) is 0.376. The van der Waals surface area contributed by atoms with Gasteiger partial charge >= 0.3 is 0 Å². The highest BCUT2D eigenvalue weighted by molar-refractivity contribution is 8.18. The van der Waals surface area contributed by atoms with Crippen molar-refractivity contribution < 1.29 is 14.4 Å². The van der Waals surface area contributed by atoms with Crippen molar-refractivity contribution in [2.24, 2.45) is 0 Å². The molecular weight excluding hydrogens is 470 g/mol. The highest BCUT2D eigenvalue weighted by Gasteiger charge is 2.34. The van der Waals surface area contributed by atoms with Crippen LogP contribution in [0.1, 0.15) is 16.7 Å². The van der Waals surface area contributed by atoms with Crippen LogP contribution >= 0.6 is 23.5 Å². The number of hydrogen-bond acceptors (Lipinski definition) is 7. The zero-order valence-corrected chi connectivity index (χ0v) is 20.4. The molecule has 0 aliphatic carbocycles. The van der Waals surface area contributed by atoms with Gasteiger partial charge in [-0.3, -0.25) is 28.8 Å². The molecule has 8 nitrogen and oxygen atoms in total. The Morgan fingerprint density at radius 3 is 2.85 bits per heavy atom. The van der Waals surface area contributed by atoms with Gasteiger partial charge in [-0.1, -0.05) is 30.0 Å². The highest BCUT2D eigenvalue weighted by Crippen LogP contribution is 2.31. The van der Waals surface area contributed by atoms with E-state index in [1.54, 1.807) is 30.7 Å². The number of nitrogens with zero attached hydrogens (tertiary/aromatic N) is 4. The third kappa shape index (κ3) is 5.57. The lowest BCUT2D eigenvalue weighted by Gasteiger charge is -2.13. The van der Waals surface area contributed by atoms with Crippen molar-refractivity contribution >= 4 is 46.7 Å². The molecule has 1 aromatic carbocycles. The van der Waals surface area contributed by atoms with Crippen molar-refractivity contribution in [1.82, 2.24) is 24.8 Å². The van der Waals surface area contributed by atoms with Gasteiger partial charge in [0.15, 0.2) is 5.16 Å². The molecule has 0 radical (unpaired) electrons. The lowest BCUT2D eigenvalue weighted by molar-refractivity contribution is -0.123. The van der Waals surface area contributed by atoms with E-state index >= 15 is 0 Å². The van der Waals surface area contributed by atoms with Crippen LogP contribution in [0, 0.1) is 13.8 Å². The van der Waals surface area contributed by atoms with Gasteiger partial charge in [-0.2, -0.15) is 0 Å². The van der Waals surface area contributed by atoms with Gasteiger partial charge < -0.3 is 5.32 Å². The second kappa shape index (κ2) is 10.7. The minimum absolute atomic E-state index is 0.114. The summed E-state index contributed by atoms with van der Waals surface area (Å²) in [7, 11) is 0. The number of hydrogen-bond donors (Lipinski definition) is 1. The number of carbonyl (C=O) groups is 3. The van der Waals surface area contributed by atoms with Crippen LogP contribution in [0.2, 0.25) is 0 Å². The summed E-state index contributed by atoms with van der Waals surface area (Å²) in [5.74, 6) is -0.388. The van der Waals surface area contributed by atoms with Crippen molar-refractivity contribution in [3.63, 3.8) is 0 Å². The number of aryl methyl sites for hydroxylation is 2. The van der Waals surface area contributed by atoms with E-state index in [1.165, 1.54) is 11.8 Å². The van der Waals surface area contributed by atoms with E-state index in [0.717, 1.165) is 44.2 Å². The second-order valence-electron chi connectivity index (χ2n) is 7.63. The van der Waals surface area contributed by atoms with Crippen molar-refractivity contribution in [1.29, 1.82) is 0 Å². The summed E-state index contributed by atoms with van der Waals surface area (Å²) < 4.78 is 1.97. The topological polar surface area (TPSA) is 97.2 Å². The molecule has 0 spiro atoms. The minimum atomic E-state index is -0.363. The summed E-state index contributed by atoms with van der Waals surface area (Å²) in [6.07, 6.45) is 8.49. The number of amides is 3. The normalized spacial score (nSPS) is 14.8. The summed E-state index contributed by atoms with van der Waals surface area (Å²) >= 11 is 2.22. The maximum absolute atomic E-state index is 12.6. The van der Waals surface area contributed by atoms with E-state index < -0.39 is 0 Å². The van der Waals surface area contributed by atoms with Gasteiger partial charge in [0.25, 0.3) is 11.1 Å². The number of pyridine rings is 1. The molecule has 1 saturated heterocycles. The lowest BCUT2D eigenvalue weighted by Crippen LogP contribution is -2.37. The van der Waals surface area contributed by atoms with Crippen LogP contribution in [0.15, 0.2) is 65.2 Å². The summed E-state index contributed by atoms with van der Waals surface area (Å²) in [5.41, 5.74) is 4.03. The lowest BCUT2D eigenvalue weighted by atomic mass is 10.1. The minimum Gasteiger partial charge on any atom is -0.354 e. The number of aromatic nitrogens is 3. The fourth-order valence-electron chi connectivity index (χ4n) is 3.35. The monoisotopic (exact) mass is 493 g/mol. The van der Waals surface area contributed by atoms with Gasteiger partial charge in [0.2, 0.25) is 5.91 Å². The summed E-state index contributed by atoms with van der Waals surface area (Å²) in [6, 6.07) is 9.77. The van der Waals surface area contributed by atoms with Crippen molar-refractivity contribution in [3.05, 3.63) is 76.7 Å². The molecule has 3 aromatic rings. The largest absolute Gasteiger partial charge is 0.354 e. The van der Waals surface area contributed by atoms with E-state index in [-0.39, 0.29) is 35.9 Å². The first kappa shape index (κ1) is 23.8. The molecule has 34 heavy (non-hydrogen) atoms. The molecule has 1 aliphatic rings. The Balaban J connectivity index is 1.28. The third-order valence-corrected chi connectivity index (χ3v) is 6.95. The van der Waals surface area contributed by atoms with E-state index in [4.69, 9.17) is 0 Å². The number of rotatable bonds is 8. The summed E-state index contributed by atoms with van der Waals surface area (Å²) in [4.78, 5) is 47.1. The molecule has 4 rings (SSSR count). The Labute approximate surface area is 205 Å². The zero-order chi connectivity index (χ0) is 24.1. The first-order valence-corrected chi connectivity index (χ1v) is 12.4. The molecule has 0 bridgehead atoms. The van der Waals surface area contributed by atoms with E-state index in [9.17, 15) is 14.4 Å². The van der Waals surface area contributed by atoms with Crippen molar-refractivity contribution in [2.45, 2.75) is 19.0 Å². The van der Waals surface area contributed by atoms with E-state index in [0.29, 0.717) is 4.91 Å². The molecule has 174 valence electrons. The molecule has 1 fully saturated rings. The predicted octanol–water partition coefficient (Wildman–Crippen LogP) is 3.83. The standard InChI is InChI=1S/C24H23N5O3S2/c1-16-5-6-17(2)19(12-16)28-10-9-27-23(28)33-15-21(30)26-8-11-29-22(31)20(34-24(29)32)13-18-4-3-7-25-14-18/h3-7,9-10,12-14H,8,11,15H2,1-2H3,(H,26,30)/b20-13-. The third-order valence-electron chi connectivity index (χ3n) is 5.08. The molecular formula is C24H23N5O3S2. The smallest absolute Gasteiger partial charge is 0.293 e. The molecule has 10 heteroatoms. The van der Waals surface area contributed by atoms with Gasteiger partial charge in [0.1, 0.15) is 0 Å². The fourth-order valence-corrected chi connectivity index (χ4v) is 5.01. The number of imidazole rings is 1. The number of thioether (sulfide) groups is 2. The zero-order valence-electron chi connectivity index (χ0n) is 18.7. The SMILES string of the molecule is Cc1ccc(C)c(-n2ccnc2SCC(=O)NCCN2C(=O)S/C(=C\c3cccnc3)C2=O)c1. The molecule has 1 aliphatic heterocycles. The highest BCUT2D eigenvalue weighted by atomic mass is 32.2. The Morgan fingerprint density at radius 1 is 1.21 bits per heavy atom. The van der Waals surface area contributed by atoms with Crippen LogP contribution in [0.25, 0.3) is 11.8 Å². The average Bonchev–Trinajstić information content (AvgIpc) is 3.39. The second-order valence-corrected chi connectivity index (χ2v) is 9.56. The fraction of sp³-hybridized carbons (Fsp3) is 0.208. The number of carbonyl (C=O) groups excluding carboxylic acids is 3. The Hall–Kier alpha value is -3.37. The molecule has 2 aromatic heterocycles. The van der Waals surface area contributed by atoms with E-state index in [1.807, 2.05) is 30.7 Å². The summed E-state index contributed by atoms with van der Waals surface area (Å²) in [6.45, 7) is 4.37. The van der Waals surface area contributed by atoms with Crippen LogP contribution in [-0.2, 0) is 9.59 Å². The Kier molecular flexibility index (Phi) is 7.49. The van der Waals surface area contributed by atoms with Gasteiger partial charge in [-0.15, -0.1) is 0 Å². The summed E-state index contributed by atoms with van der Waals surface area (Å²) in [5, 5.41) is 3.15. The van der Waals surface area contributed by atoms with Crippen molar-refractivity contribution in [3.8, 4) is 5.69 Å². The molecule has 1 N–H and O–H groups in total. The van der Waals surface area contributed by atoms with Crippen LogP contribution in [-0.4, -0.2) is 55.3 Å². The molecule has 3 heterocycles. The molecule has 0 unspecified atom stereocenters. The van der Waals surface area contributed by atoms with Crippen LogP contribution in [0.3, 0.4) is 0 Å². The average molecular weight is 494 g/mol. The number of nitrogens with one attached hydrogen (secondary N) is 1. The molecule has 0 saturated carbocycles. The van der Waals surface area contributed by atoms with Gasteiger partial charge in [0, 0.05) is 37.9 Å². The first-order chi connectivity index (χ1) is 16.4. The van der Waals surface area contributed by atoms with Gasteiger partial charge in [-0.25, -0.2) is 4.98 Å². The Bertz CT molecular complexity index is 1260. The molecule has 3 amide bonds.